The van der Waals surface area contributed by atoms with Gasteiger partial charge in [0.05, 0.1) is 5.75 Å². The lowest BCUT2D eigenvalue weighted by Crippen LogP contribution is -2.37. The normalized spacial score (nSPS) is 20.5. The van der Waals surface area contributed by atoms with Crippen LogP contribution in [0.15, 0.2) is 12.4 Å². The van der Waals surface area contributed by atoms with E-state index in [0.29, 0.717) is 6.54 Å². The number of piperidine rings is 1. The zero-order valence-corrected chi connectivity index (χ0v) is 11.9. The quantitative estimate of drug-likeness (QED) is 0.628. The highest BCUT2D eigenvalue weighted by atomic mass is 32.2. The van der Waals surface area contributed by atoms with Crippen LogP contribution in [0.3, 0.4) is 0 Å². The third kappa shape index (κ3) is 5.30. The van der Waals surface area contributed by atoms with Crippen LogP contribution in [0.25, 0.3) is 0 Å². The Bertz CT molecular complexity index is 452. The highest BCUT2D eigenvalue weighted by Crippen LogP contribution is 2.11. The maximum Gasteiger partial charge on any atom is 0.211 e. The number of nitrogens with zero attached hydrogens (tertiary/aromatic N) is 1. The van der Waals surface area contributed by atoms with Crippen molar-refractivity contribution in [1.82, 2.24) is 20.0 Å². The molecule has 108 valence electrons. The molecular formula is C12H22N4O2S. The summed E-state index contributed by atoms with van der Waals surface area (Å²) in [5.74, 6) is 1.38. The first-order valence-corrected chi connectivity index (χ1v) is 8.47. The van der Waals surface area contributed by atoms with E-state index in [0.717, 1.165) is 44.6 Å². The summed E-state index contributed by atoms with van der Waals surface area (Å²) in [7, 11) is -3.14. The van der Waals surface area contributed by atoms with Crippen LogP contribution in [0, 0.1) is 5.92 Å². The number of nitrogens with one attached hydrogen (secondary N) is 3. The Labute approximate surface area is 114 Å². The number of H-pyrrole nitrogens is 1. The molecule has 0 aromatic carbocycles. The monoisotopic (exact) mass is 286 g/mol. The molecule has 1 aliphatic rings. The van der Waals surface area contributed by atoms with Crippen LogP contribution in [0.2, 0.25) is 0 Å². The summed E-state index contributed by atoms with van der Waals surface area (Å²) >= 11 is 0. The van der Waals surface area contributed by atoms with Gasteiger partial charge in [0.2, 0.25) is 10.0 Å². The number of aryl methyl sites for hydroxylation is 1. The van der Waals surface area contributed by atoms with Crippen LogP contribution in [-0.4, -0.2) is 43.8 Å². The molecule has 1 unspecified atom stereocenters. The summed E-state index contributed by atoms with van der Waals surface area (Å²) in [6, 6.07) is 0. The first-order valence-electron chi connectivity index (χ1n) is 6.82. The summed E-state index contributed by atoms with van der Waals surface area (Å²) in [5.41, 5.74) is 0. The molecule has 0 bridgehead atoms. The van der Waals surface area contributed by atoms with Crippen molar-refractivity contribution in [1.29, 1.82) is 0 Å². The van der Waals surface area contributed by atoms with Crippen LogP contribution in [0.5, 0.6) is 0 Å². The average molecular weight is 286 g/mol. The van der Waals surface area contributed by atoms with Gasteiger partial charge in [-0.25, -0.2) is 18.1 Å². The third-order valence-electron chi connectivity index (χ3n) is 3.32. The summed E-state index contributed by atoms with van der Waals surface area (Å²) in [5, 5.41) is 3.24. The van der Waals surface area contributed by atoms with Crippen molar-refractivity contribution in [3.63, 3.8) is 0 Å². The largest absolute Gasteiger partial charge is 0.349 e. The van der Waals surface area contributed by atoms with Crippen molar-refractivity contribution < 1.29 is 8.42 Å². The predicted octanol–water partition coefficient (Wildman–Crippen LogP) is 0.261. The molecule has 0 radical (unpaired) electrons. The molecule has 2 rings (SSSR count). The molecule has 7 heteroatoms. The van der Waals surface area contributed by atoms with E-state index in [-0.39, 0.29) is 11.7 Å². The number of hydrogen-bond donors (Lipinski definition) is 3. The fourth-order valence-electron chi connectivity index (χ4n) is 2.35. The second kappa shape index (κ2) is 7.02. The third-order valence-corrected chi connectivity index (χ3v) is 4.88. The Morgan fingerprint density at radius 1 is 1.47 bits per heavy atom. The fraction of sp³-hybridized carbons (Fsp3) is 0.750. The second-order valence-corrected chi connectivity index (χ2v) is 6.88. The van der Waals surface area contributed by atoms with Crippen LogP contribution in [0.1, 0.15) is 25.1 Å². The van der Waals surface area contributed by atoms with E-state index in [1.165, 1.54) is 0 Å². The highest BCUT2D eigenvalue weighted by molar-refractivity contribution is 7.89. The molecule has 1 aliphatic heterocycles. The van der Waals surface area contributed by atoms with Gasteiger partial charge in [0.1, 0.15) is 5.82 Å². The fourth-order valence-corrected chi connectivity index (χ4v) is 3.83. The molecule has 0 saturated carbocycles. The van der Waals surface area contributed by atoms with E-state index < -0.39 is 10.0 Å². The van der Waals surface area contributed by atoms with Crippen LogP contribution in [-0.2, 0) is 16.4 Å². The van der Waals surface area contributed by atoms with Gasteiger partial charge < -0.3 is 10.3 Å². The van der Waals surface area contributed by atoms with E-state index in [4.69, 9.17) is 0 Å². The molecule has 1 aromatic heterocycles. The SMILES string of the molecule is O=S(=O)(CC1CCCNC1)NCCCc1ncc[nH]1. The smallest absolute Gasteiger partial charge is 0.211 e. The number of imidazole rings is 1. The average Bonchev–Trinajstić information content (AvgIpc) is 2.88. The molecule has 2 heterocycles. The van der Waals surface area contributed by atoms with Gasteiger partial charge in [-0.05, 0) is 38.3 Å². The Kier molecular flexibility index (Phi) is 5.35. The van der Waals surface area contributed by atoms with Gasteiger partial charge in [-0.1, -0.05) is 0 Å². The Hall–Kier alpha value is -0.920. The maximum absolute atomic E-state index is 11.9. The van der Waals surface area contributed by atoms with Gasteiger partial charge in [0.15, 0.2) is 0 Å². The summed E-state index contributed by atoms with van der Waals surface area (Å²) in [4.78, 5) is 7.11. The number of aromatic nitrogens is 2. The lowest BCUT2D eigenvalue weighted by Gasteiger charge is -2.22. The number of hydrogen-bond acceptors (Lipinski definition) is 4. The van der Waals surface area contributed by atoms with Crippen LogP contribution >= 0.6 is 0 Å². The van der Waals surface area contributed by atoms with Gasteiger partial charge in [-0.15, -0.1) is 0 Å². The molecular weight excluding hydrogens is 264 g/mol. The Balaban J connectivity index is 1.65. The first kappa shape index (κ1) is 14.5. The molecule has 0 amide bonds. The van der Waals surface area contributed by atoms with Crippen LogP contribution < -0.4 is 10.0 Å². The van der Waals surface area contributed by atoms with Gasteiger partial charge >= 0.3 is 0 Å². The van der Waals surface area contributed by atoms with E-state index >= 15 is 0 Å². The van der Waals surface area contributed by atoms with E-state index in [2.05, 4.69) is 20.0 Å². The van der Waals surface area contributed by atoms with Gasteiger partial charge in [-0.3, -0.25) is 0 Å². The van der Waals surface area contributed by atoms with E-state index in [1.807, 2.05) is 0 Å². The molecule has 3 N–H and O–H groups in total. The minimum absolute atomic E-state index is 0.237. The van der Waals surface area contributed by atoms with Crippen molar-refractivity contribution in [2.75, 3.05) is 25.4 Å². The standard InChI is InChI=1S/C12H22N4O2S/c17-19(18,10-11-3-1-5-13-9-11)16-6-2-4-12-14-7-8-15-12/h7-8,11,13,16H,1-6,9-10H2,(H,14,15). The molecule has 1 aromatic rings. The molecule has 0 spiro atoms. The number of rotatable bonds is 7. The lowest BCUT2D eigenvalue weighted by molar-refractivity contribution is 0.402. The maximum atomic E-state index is 11.9. The van der Waals surface area contributed by atoms with Crippen molar-refractivity contribution in [3.05, 3.63) is 18.2 Å². The van der Waals surface area contributed by atoms with Crippen molar-refractivity contribution >= 4 is 10.0 Å². The highest BCUT2D eigenvalue weighted by Gasteiger charge is 2.20. The van der Waals surface area contributed by atoms with Gasteiger partial charge in [-0.2, -0.15) is 0 Å². The molecule has 1 fully saturated rings. The molecule has 6 nitrogen and oxygen atoms in total. The number of sulfonamides is 1. The molecule has 0 aliphatic carbocycles. The zero-order valence-electron chi connectivity index (χ0n) is 11.1. The summed E-state index contributed by atoms with van der Waals surface area (Å²) in [6.07, 6.45) is 7.07. The second-order valence-electron chi connectivity index (χ2n) is 5.03. The Morgan fingerprint density at radius 3 is 3.05 bits per heavy atom. The van der Waals surface area contributed by atoms with E-state index in [9.17, 15) is 8.42 Å². The summed E-state index contributed by atoms with van der Waals surface area (Å²) in [6.45, 7) is 2.30. The molecule has 1 saturated heterocycles. The summed E-state index contributed by atoms with van der Waals surface area (Å²) < 4.78 is 26.5. The van der Waals surface area contributed by atoms with Gasteiger partial charge in [0.25, 0.3) is 0 Å². The zero-order chi connectivity index (χ0) is 13.6. The van der Waals surface area contributed by atoms with Crippen molar-refractivity contribution in [3.8, 4) is 0 Å². The Morgan fingerprint density at radius 2 is 2.37 bits per heavy atom. The minimum Gasteiger partial charge on any atom is -0.349 e. The molecule has 1 atom stereocenters. The van der Waals surface area contributed by atoms with Crippen molar-refractivity contribution in [2.45, 2.75) is 25.7 Å². The topological polar surface area (TPSA) is 86.9 Å². The van der Waals surface area contributed by atoms with E-state index in [1.54, 1.807) is 12.4 Å². The predicted molar refractivity (Wildman–Crippen MR) is 74.3 cm³/mol. The van der Waals surface area contributed by atoms with Crippen molar-refractivity contribution in [2.24, 2.45) is 5.92 Å². The first-order chi connectivity index (χ1) is 9.16. The molecule has 19 heavy (non-hydrogen) atoms. The lowest BCUT2D eigenvalue weighted by atomic mass is 10.0. The van der Waals surface area contributed by atoms with Gasteiger partial charge in [0, 0.05) is 25.4 Å². The number of aromatic amines is 1. The minimum atomic E-state index is -3.14. The van der Waals surface area contributed by atoms with Crippen LogP contribution in [0.4, 0.5) is 0 Å².